The lowest BCUT2D eigenvalue weighted by atomic mass is 9.83. The molecule has 0 aliphatic heterocycles. The molecule has 0 radical (unpaired) electrons. The molecule has 0 unspecified atom stereocenters. The largest absolute Gasteiger partial charge is 0.312 e. The summed E-state index contributed by atoms with van der Waals surface area (Å²) in [4.78, 5) is 0. The normalized spacial score (nSPS) is 20.4. The van der Waals surface area contributed by atoms with Crippen LogP contribution in [0.25, 0.3) is 0 Å². The molecule has 0 spiro atoms. The quantitative estimate of drug-likeness (QED) is 0.721. The van der Waals surface area contributed by atoms with Gasteiger partial charge >= 0.3 is 0 Å². The van der Waals surface area contributed by atoms with Crippen molar-refractivity contribution in [3.8, 4) is 6.07 Å². The van der Waals surface area contributed by atoms with Crippen LogP contribution in [0, 0.1) is 16.7 Å². The number of nitriles is 1. The van der Waals surface area contributed by atoms with Gasteiger partial charge in [0.15, 0.2) is 0 Å². The molecule has 1 aliphatic carbocycles. The molecule has 0 bridgehead atoms. The first-order valence-corrected chi connectivity index (χ1v) is 6.64. The summed E-state index contributed by atoms with van der Waals surface area (Å²) in [6.07, 6.45) is 8.87. The first-order chi connectivity index (χ1) is 7.47. The Bertz CT molecular complexity index is 244. The van der Waals surface area contributed by atoms with Crippen LogP contribution in [0.3, 0.4) is 0 Å². The van der Waals surface area contributed by atoms with Gasteiger partial charge < -0.3 is 5.32 Å². The van der Waals surface area contributed by atoms with Crippen molar-refractivity contribution in [1.29, 1.82) is 5.26 Å². The Morgan fingerprint density at radius 2 is 1.88 bits per heavy atom. The Morgan fingerprint density at radius 3 is 2.44 bits per heavy atom. The molecule has 0 atom stereocenters. The molecule has 1 saturated carbocycles. The smallest absolute Gasteiger partial charge is 0.0683 e. The van der Waals surface area contributed by atoms with Crippen LogP contribution in [0.4, 0.5) is 0 Å². The molecule has 0 saturated heterocycles. The predicted molar refractivity (Wildman–Crippen MR) is 68.1 cm³/mol. The maximum atomic E-state index is 8.92. The second-order valence-corrected chi connectivity index (χ2v) is 6.15. The van der Waals surface area contributed by atoms with Crippen molar-refractivity contribution in [2.75, 3.05) is 6.54 Å². The van der Waals surface area contributed by atoms with Crippen LogP contribution in [0.15, 0.2) is 0 Å². The van der Waals surface area contributed by atoms with Crippen LogP contribution in [-0.4, -0.2) is 12.1 Å². The third kappa shape index (κ3) is 4.53. The van der Waals surface area contributed by atoms with Crippen LogP contribution in [0.2, 0.25) is 0 Å². The molecule has 0 aromatic heterocycles. The SMILES string of the molecule is CC(C)(C#N)CCCNC1(C)CCCCC1. The van der Waals surface area contributed by atoms with Gasteiger partial charge in [0.2, 0.25) is 0 Å². The highest BCUT2D eigenvalue weighted by Gasteiger charge is 2.25. The number of nitrogens with zero attached hydrogens (tertiary/aromatic N) is 1. The summed E-state index contributed by atoms with van der Waals surface area (Å²) in [6.45, 7) is 7.45. The van der Waals surface area contributed by atoms with E-state index in [1.165, 1.54) is 32.1 Å². The standard InChI is InChI=1S/C14H26N2/c1-13(2,12-15)8-7-11-16-14(3)9-5-4-6-10-14/h16H,4-11H2,1-3H3. The molecule has 16 heavy (non-hydrogen) atoms. The van der Waals surface area contributed by atoms with Crippen molar-refractivity contribution < 1.29 is 0 Å². The Balaban J connectivity index is 2.18. The van der Waals surface area contributed by atoms with Gasteiger partial charge in [-0.3, -0.25) is 0 Å². The highest BCUT2D eigenvalue weighted by molar-refractivity contribution is 4.92. The lowest BCUT2D eigenvalue weighted by Gasteiger charge is -2.35. The highest BCUT2D eigenvalue weighted by Crippen LogP contribution is 2.27. The fourth-order valence-corrected chi connectivity index (χ4v) is 2.49. The molecule has 2 heteroatoms. The zero-order valence-corrected chi connectivity index (χ0v) is 11.1. The van der Waals surface area contributed by atoms with E-state index in [0.717, 1.165) is 19.4 Å². The predicted octanol–water partition coefficient (Wildman–Crippen LogP) is 3.63. The molecule has 0 amide bonds. The molecule has 92 valence electrons. The van der Waals surface area contributed by atoms with Gasteiger partial charge in [-0.25, -0.2) is 0 Å². The molecule has 0 aromatic rings. The number of hydrogen-bond acceptors (Lipinski definition) is 2. The van der Waals surface area contributed by atoms with E-state index in [1.54, 1.807) is 0 Å². The molecule has 0 aromatic carbocycles. The van der Waals surface area contributed by atoms with Crippen LogP contribution in [-0.2, 0) is 0 Å². The topological polar surface area (TPSA) is 35.8 Å². The average Bonchev–Trinajstić information content (AvgIpc) is 2.26. The Kier molecular flexibility index (Phi) is 4.80. The first-order valence-electron chi connectivity index (χ1n) is 6.64. The van der Waals surface area contributed by atoms with E-state index in [1.807, 2.05) is 13.8 Å². The third-order valence-electron chi connectivity index (χ3n) is 3.79. The maximum Gasteiger partial charge on any atom is 0.0683 e. The lowest BCUT2D eigenvalue weighted by Crippen LogP contribution is -2.44. The minimum atomic E-state index is -0.158. The van der Waals surface area contributed by atoms with Gasteiger partial charge in [0.1, 0.15) is 0 Å². The fourth-order valence-electron chi connectivity index (χ4n) is 2.49. The molecule has 1 fully saturated rings. The minimum absolute atomic E-state index is 0.158. The molecule has 1 aliphatic rings. The second-order valence-electron chi connectivity index (χ2n) is 6.15. The van der Waals surface area contributed by atoms with Gasteiger partial charge in [-0.05, 0) is 53.0 Å². The van der Waals surface area contributed by atoms with Crippen molar-refractivity contribution in [3.63, 3.8) is 0 Å². The van der Waals surface area contributed by atoms with Gasteiger partial charge in [-0.1, -0.05) is 19.3 Å². The average molecular weight is 222 g/mol. The molecule has 0 heterocycles. The number of rotatable bonds is 5. The van der Waals surface area contributed by atoms with Crippen molar-refractivity contribution in [1.82, 2.24) is 5.32 Å². The Labute approximate surface area is 100 Å². The van der Waals surface area contributed by atoms with E-state index >= 15 is 0 Å². The molecular formula is C14H26N2. The fraction of sp³-hybridized carbons (Fsp3) is 0.929. The van der Waals surface area contributed by atoms with Gasteiger partial charge in [0, 0.05) is 5.54 Å². The van der Waals surface area contributed by atoms with E-state index in [9.17, 15) is 0 Å². The van der Waals surface area contributed by atoms with Crippen LogP contribution in [0.5, 0.6) is 0 Å². The Hall–Kier alpha value is -0.550. The zero-order chi connectivity index (χ0) is 12.1. The summed E-state index contributed by atoms with van der Waals surface area (Å²) in [5.74, 6) is 0. The van der Waals surface area contributed by atoms with Crippen molar-refractivity contribution in [2.45, 2.75) is 71.3 Å². The summed E-state index contributed by atoms with van der Waals surface area (Å²) in [7, 11) is 0. The monoisotopic (exact) mass is 222 g/mol. The summed E-state index contributed by atoms with van der Waals surface area (Å²) >= 11 is 0. The molecule has 1 rings (SSSR count). The second kappa shape index (κ2) is 5.68. The van der Waals surface area contributed by atoms with Gasteiger partial charge in [0.05, 0.1) is 11.5 Å². The van der Waals surface area contributed by atoms with E-state index in [-0.39, 0.29) is 5.41 Å². The summed E-state index contributed by atoms with van der Waals surface area (Å²) < 4.78 is 0. The molecule has 1 N–H and O–H groups in total. The van der Waals surface area contributed by atoms with Crippen LogP contribution >= 0.6 is 0 Å². The van der Waals surface area contributed by atoms with Gasteiger partial charge in [-0.2, -0.15) is 5.26 Å². The van der Waals surface area contributed by atoms with Crippen LogP contribution in [0.1, 0.15) is 65.7 Å². The summed E-state index contributed by atoms with van der Waals surface area (Å²) in [5.41, 5.74) is 0.212. The van der Waals surface area contributed by atoms with E-state index < -0.39 is 0 Å². The zero-order valence-electron chi connectivity index (χ0n) is 11.1. The van der Waals surface area contributed by atoms with E-state index in [2.05, 4.69) is 18.3 Å². The van der Waals surface area contributed by atoms with Crippen LogP contribution < -0.4 is 5.32 Å². The summed E-state index contributed by atoms with van der Waals surface area (Å²) in [6, 6.07) is 2.36. The van der Waals surface area contributed by atoms with Crippen molar-refractivity contribution >= 4 is 0 Å². The van der Waals surface area contributed by atoms with E-state index in [4.69, 9.17) is 5.26 Å². The van der Waals surface area contributed by atoms with Gasteiger partial charge in [0.25, 0.3) is 0 Å². The van der Waals surface area contributed by atoms with Crippen molar-refractivity contribution in [2.24, 2.45) is 5.41 Å². The van der Waals surface area contributed by atoms with Gasteiger partial charge in [-0.15, -0.1) is 0 Å². The third-order valence-corrected chi connectivity index (χ3v) is 3.79. The minimum Gasteiger partial charge on any atom is -0.312 e. The lowest BCUT2D eigenvalue weighted by molar-refractivity contribution is 0.249. The summed E-state index contributed by atoms with van der Waals surface area (Å²) in [5, 5.41) is 12.6. The number of hydrogen-bond donors (Lipinski definition) is 1. The highest BCUT2D eigenvalue weighted by atomic mass is 15.0. The Morgan fingerprint density at radius 1 is 1.25 bits per heavy atom. The first kappa shape index (κ1) is 13.5. The molecule has 2 nitrogen and oxygen atoms in total. The van der Waals surface area contributed by atoms with Crippen molar-refractivity contribution in [3.05, 3.63) is 0 Å². The van der Waals surface area contributed by atoms with E-state index in [0.29, 0.717) is 5.54 Å². The maximum absolute atomic E-state index is 8.92. The molecular weight excluding hydrogens is 196 g/mol. The number of nitrogens with one attached hydrogen (secondary N) is 1.